The van der Waals surface area contributed by atoms with Crippen molar-refractivity contribution in [2.45, 2.75) is 38.6 Å². The third kappa shape index (κ3) is 5.57. The fourth-order valence-corrected chi connectivity index (χ4v) is 4.10. The van der Waals surface area contributed by atoms with Crippen LogP contribution in [0.2, 0.25) is 0 Å². The maximum absolute atomic E-state index is 13.0. The van der Waals surface area contributed by atoms with Crippen LogP contribution >= 0.6 is 0 Å². The van der Waals surface area contributed by atoms with Crippen LogP contribution in [0.15, 0.2) is 60.8 Å². The molecule has 4 rings (SSSR count). The topological polar surface area (TPSA) is 88.5 Å². The van der Waals surface area contributed by atoms with Crippen LogP contribution in [0.1, 0.15) is 43.1 Å². The number of methoxy groups -OCH3 is 1. The molecule has 2 aromatic carbocycles. The van der Waals surface area contributed by atoms with Crippen LogP contribution in [0.25, 0.3) is 5.69 Å². The molecule has 178 valence electrons. The molecule has 1 aliphatic rings. The van der Waals surface area contributed by atoms with Crippen LogP contribution in [-0.4, -0.2) is 47.8 Å². The Morgan fingerprint density at radius 1 is 1.06 bits per heavy atom. The lowest BCUT2D eigenvalue weighted by molar-refractivity contribution is -0.118. The van der Waals surface area contributed by atoms with Crippen molar-refractivity contribution in [1.29, 1.82) is 0 Å². The number of rotatable bonds is 9. The summed E-state index contributed by atoms with van der Waals surface area (Å²) >= 11 is 0. The molecule has 1 aliphatic heterocycles. The predicted octanol–water partition coefficient (Wildman–Crippen LogP) is 4.02. The van der Waals surface area contributed by atoms with Crippen LogP contribution < -0.4 is 20.3 Å². The number of amides is 2. The standard InChI is InChI=1S/C26H31N5O3/c1-3-7-23(25(32)27-19-8-6-9-21(18-19)30-15-4-5-16-30)28-26(33)24-14-17-31(29-24)20-10-12-22(34-2)13-11-20/h6,8-14,17-18,23H,3-5,7,15-16H2,1-2H3,(H,27,32)(H,28,33). The fourth-order valence-electron chi connectivity index (χ4n) is 4.10. The van der Waals surface area contributed by atoms with Gasteiger partial charge in [-0.2, -0.15) is 5.10 Å². The Labute approximate surface area is 199 Å². The molecule has 1 saturated heterocycles. The van der Waals surface area contributed by atoms with Gasteiger partial charge in [-0.1, -0.05) is 19.4 Å². The Kier molecular flexibility index (Phi) is 7.47. The lowest BCUT2D eigenvalue weighted by atomic mass is 10.1. The van der Waals surface area contributed by atoms with Gasteiger partial charge < -0.3 is 20.3 Å². The third-order valence-corrected chi connectivity index (χ3v) is 5.94. The third-order valence-electron chi connectivity index (χ3n) is 5.94. The number of carbonyl (C=O) groups is 2. The number of carbonyl (C=O) groups excluding carboxylic acids is 2. The summed E-state index contributed by atoms with van der Waals surface area (Å²) < 4.78 is 6.80. The van der Waals surface area contributed by atoms with E-state index in [1.165, 1.54) is 12.8 Å². The van der Waals surface area contributed by atoms with E-state index >= 15 is 0 Å². The Bertz CT molecular complexity index is 1120. The average molecular weight is 462 g/mol. The zero-order valence-electron chi connectivity index (χ0n) is 19.7. The van der Waals surface area contributed by atoms with Gasteiger partial charge in [0.05, 0.1) is 12.8 Å². The minimum absolute atomic E-state index is 0.233. The number of ether oxygens (including phenoxy) is 1. The van der Waals surface area contributed by atoms with Gasteiger partial charge in [-0.05, 0) is 67.8 Å². The SMILES string of the molecule is CCCC(NC(=O)c1ccn(-c2ccc(OC)cc2)n1)C(=O)Nc1cccc(N2CCCC2)c1. The van der Waals surface area contributed by atoms with Gasteiger partial charge in [-0.25, -0.2) is 4.68 Å². The smallest absolute Gasteiger partial charge is 0.272 e. The first kappa shape index (κ1) is 23.4. The second kappa shape index (κ2) is 10.9. The van der Waals surface area contributed by atoms with Crippen LogP contribution in [0.3, 0.4) is 0 Å². The highest BCUT2D eigenvalue weighted by Crippen LogP contribution is 2.23. The van der Waals surface area contributed by atoms with Crippen molar-refractivity contribution in [2.75, 3.05) is 30.4 Å². The molecule has 1 aromatic heterocycles. The number of nitrogens with zero attached hydrogens (tertiary/aromatic N) is 3. The summed E-state index contributed by atoms with van der Waals surface area (Å²) in [6, 6.07) is 16.2. The number of nitrogens with one attached hydrogen (secondary N) is 2. The van der Waals surface area contributed by atoms with E-state index in [9.17, 15) is 9.59 Å². The van der Waals surface area contributed by atoms with Crippen molar-refractivity contribution in [3.8, 4) is 11.4 Å². The summed E-state index contributed by atoms with van der Waals surface area (Å²) in [7, 11) is 1.61. The van der Waals surface area contributed by atoms with Gasteiger partial charge in [-0.3, -0.25) is 9.59 Å². The molecule has 34 heavy (non-hydrogen) atoms. The second-order valence-corrected chi connectivity index (χ2v) is 8.39. The summed E-state index contributed by atoms with van der Waals surface area (Å²) in [6.07, 6.45) is 5.38. The van der Waals surface area contributed by atoms with Crippen molar-refractivity contribution >= 4 is 23.2 Å². The normalized spacial score (nSPS) is 14.0. The summed E-state index contributed by atoms with van der Waals surface area (Å²) in [6.45, 7) is 4.06. The molecule has 0 radical (unpaired) electrons. The molecular formula is C26H31N5O3. The number of anilines is 2. The van der Waals surface area contributed by atoms with E-state index in [-0.39, 0.29) is 17.5 Å². The van der Waals surface area contributed by atoms with E-state index in [0.29, 0.717) is 6.42 Å². The molecule has 3 aromatic rings. The van der Waals surface area contributed by atoms with E-state index in [2.05, 4.69) is 26.7 Å². The van der Waals surface area contributed by atoms with Crippen molar-refractivity contribution in [1.82, 2.24) is 15.1 Å². The van der Waals surface area contributed by atoms with E-state index in [1.807, 2.05) is 49.4 Å². The Morgan fingerprint density at radius 3 is 2.53 bits per heavy atom. The maximum atomic E-state index is 13.0. The number of benzene rings is 2. The monoisotopic (exact) mass is 461 g/mol. The van der Waals surface area contributed by atoms with Crippen molar-refractivity contribution in [3.05, 3.63) is 66.5 Å². The van der Waals surface area contributed by atoms with Gasteiger partial charge in [0.15, 0.2) is 5.69 Å². The molecule has 2 amide bonds. The molecule has 0 aliphatic carbocycles. The highest BCUT2D eigenvalue weighted by Gasteiger charge is 2.22. The van der Waals surface area contributed by atoms with E-state index in [0.717, 1.165) is 42.3 Å². The van der Waals surface area contributed by atoms with E-state index in [1.54, 1.807) is 24.1 Å². The molecular weight excluding hydrogens is 430 g/mol. The Balaban J connectivity index is 1.41. The zero-order valence-corrected chi connectivity index (χ0v) is 19.7. The summed E-state index contributed by atoms with van der Waals surface area (Å²) in [4.78, 5) is 28.2. The Hall–Kier alpha value is -3.81. The van der Waals surface area contributed by atoms with Gasteiger partial charge in [-0.15, -0.1) is 0 Å². The van der Waals surface area contributed by atoms with Gasteiger partial charge >= 0.3 is 0 Å². The lowest BCUT2D eigenvalue weighted by Crippen LogP contribution is -2.43. The van der Waals surface area contributed by atoms with Crippen LogP contribution in [0, 0.1) is 0 Å². The Morgan fingerprint density at radius 2 is 1.82 bits per heavy atom. The molecule has 8 heteroatoms. The quantitative estimate of drug-likeness (QED) is 0.503. The minimum atomic E-state index is -0.654. The van der Waals surface area contributed by atoms with Crippen LogP contribution in [-0.2, 0) is 4.79 Å². The molecule has 1 atom stereocenters. The van der Waals surface area contributed by atoms with Gasteiger partial charge in [0.1, 0.15) is 11.8 Å². The van der Waals surface area contributed by atoms with Crippen LogP contribution in [0.4, 0.5) is 11.4 Å². The molecule has 0 bridgehead atoms. The van der Waals surface area contributed by atoms with Gasteiger partial charge in [0.2, 0.25) is 5.91 Å². The fraction of sp³-hybridized carbons (Fsp3) is 0.346. The number of aromatic nitrogens is 2. The van der Waals surface area contributed by atoms with Gasteiger partial charge in [0.25, 0.3) is 5.91 Å². The molecule has 0 spiro atoms. The van der Waals surface area contributed by atoms with Crippen molar-refractivity contribution in [3.63, 3.8) is 0 Å². The van der Waals surface area contributed by atoms with Crippen molar-refractivity contribution in [2.24, 2.45) is 0 Å². The first-order valence-electron chi connectivity index (χ1n) is 11.7. The highest BCUT2D eigenvalue weighted by molar-refractivity contribution is 6.00. The molecule has 8 nitrogen and oxygen atoms in total. The second-order valence-electron chi connectivity index (χ2n) is 8.39. The highest BCUT2D eigenvalue weighted by atomic mass is 16.5. The molecule has 2 N–H and O–H groups in total. The van der Waals surface area contributed by atoms with E-state index < -0.39 is 6.04 Å². The number of hydrogen-bond acceptors (Lipinski definition) is 5. The van der Waals surface area contributed by atoms with E-state index in [4.69, 9.17) is 4.74 Å². The van der Waals surface area contributed by atoms with Crippen LogP contribution in [0.5, 0.6) is 5.75 Å². The molecule has 1 fully saturated rings. The van der Waals surface area contributed by atoms with Crippen molar-refractivity contribution < 1.29 is 14.3 Å². The maximum Gasteiger partial charge on any atom is 0.272 e. The summed E-state index contributed by atoms with van der Waals surface area (Å²) in [5.74, 6) is 0.128. The predicted molar refractivity (Wildman–Crippen MR) is 133 cm³/mol. The molecule has 1 unspecified atom stereocenters. The largest absolute Gasteiger partial charge is 0.497 e. The van der Waals surface area contributed by atoms with Gasteiger partial charge in [0, 0.05) is 30.7 Å². The number of hydrogen-bond donors (Lipinski definition) is 2. The molecule has 2 heterocycles. The lowest BCUT2D eigenvalue weighted by Gasteiger charge is -2.20. The summed E-state index contributed by atoms with van der Waals surface area (Å²) in [5, 5.41) is 10.2. The first-order valence-corrected chi connectivity index (χ1v) is 11.7. The average Bonchev–Trinajstić information content (AvgIpc) is 3.57. The minimum Gasteiger partial charge on any atom is -0.497 e. The summed E-state index contributed by atoms with van der Waals surface area (Å²) in [5.41, 5.74) is 2.89. The molecule has 0 saturated carbocycles. The zero-order chi connectivity index (χ0) is 23.9. The first-order chi connectivity index (χ1) is 16.6.